The number of hydrogen-bond donors (Lipinski definition) is 1. The number of hydrogen-bond acceptors (Lipinski definition) is 4. The predicted molar refractivity (Wildman–Crippen MR) is 78.9 cm³/mol. The summed E-state index contributed by atoms with van der Waals surface area (Å²) in [5.41, 5.74) is 0. The van der Waals surface area contributed by atoms with Gasteiger partial charge in [0.25, 0.3) is 0 Å². The number of esters is 1. The minimum Gasteiger partial charge on any atom is -0.442 e. The molecule has 0 bridgehead atoms. The fraction of sp³-hybridized carbons (Fsp3) is 0.538. The fourth-order valence-corrected chi connectivity index (χ4v) is 3.17. The normalized spacial score (nSPS) is 13.7. The summed E-state index contributed by atoms with van der Waals surface area (Å²) in [5.74, 6) is -0.518. The molecule has 0 aliphatic rings. The summed E-state index contributed by atoms with van der Waals surface area (Å²) < 4.78 is 6.24. The van der Waals surface area contributed by atoms with E-state index in [9.17, 15) is 9.59 Å². The zero-order valence-corrected chi connectivity index (χ0v) is 13.6. The summed E-state index contributed by atoms with van der Waals surface area (Å²) in [6.45, 7) is 4.73. The number of aryl methyl sites for hydroxylation is 1. The maximum Gasteiger partial charge on any atom is 0.304 e. The van der Waals surface area contributed by atoms with Crippen molar-refractivity contribution in [2.24, 2.45) is 5.92 Å². The van der Waals surface area contributed by atoms with Gasteiger partial charge in [-0.15, -0.1) is 11.3 Å². The third-order valence-electron chi connectivity index (χ3n) is 2.63. The molecule has 0 saturated heterocycles. The zero-order chi connectivity index (χ0) is 14.4. The van der Waals surface area contributed by atoms with Gasteiger partial charge in [-0.1, -0.05) is 6.92 Å². The Kier molecular flexibility index (Phi) is 6.51. The molecule has 1 unspecified atom stereocenters. The number of carbonyl (C=O) groups is 2. The maximum atomic E-state index is 11.1. The van der Waals surface area contributed by atoms with Crippen molar-refractivity contribution >= 4 is 39.1 Å². The lowest BCUT2D eigenvalue weighted by Crippen LogP contribution is -2.41. The van der Waals surface area contributed by atoms with Crippen LogP contribution in [0, 0.1) is 5.92 Å². The number of amides is 1. The van der Waals surface area contributed by atoms with E-state index in [4.69, 9.17) is 4.74 Å². The zero-order valence-electron chi connectivity index (χ0n) is 11.2. The van der Waals surface area contributed by atoms with E-state index in [0.29, 0.717) is 0 Å². The second-order valence-corrected chi connectivity index (χ2v) is 7.00. The van der Waals surface area contributed by atoms with E-state index in [-0.39, 0.29) is 17.8 Å². The van der Waals surface area contributed by atoms with Crippen LogP contribution < -0.4 is 5.32 Å². The number of ether oxygens (including phenoxy) is 1. The molecule has 1 aromatic heterocycles. The molecule has 1 N–H and O–H groups in total. The van der Waals surface area contributed by atoms with Crippen LogP contribution >= 0.6 is 27.3 Å². The van der Waals surface area contributed by atoms with E-state index in [1.54, 1.807) is 11.3 Å². The van der Waals surface area contributed by atoms with Crippen LogP contribution in [0.4, 0.5) is 0 Å². The number of halogens is 1. The molecule has 1 heterocycles. The lowest BCUT2D eigenvalue weighted by atomic mass is 10.0. The van der Waals surface area contributed by atoms with Crippen molar-refractivity contribution in [3.05, 3.63) is 20.8 Å². The van der Waals surface area contributed by atoms with E-state index < -0.39 is 6.23 Å². The van der Waals surface area contributed by atoms with Gasteiger partial charge in [0, 0.05) is 24.6 Å². The fourth-order valence-electron chi connectivity index (χ4n) is 1.67. The maximum absolute atomic E-state index is 11.1. The van der Waals surface area contributed by atoms with Crippen molar-refractivity contribution < 1.29 is 14.3 Å². The van der Waals surface area contributed by atoms with E-state index >= 15 is 0 Å². The van der Waals surface area contributed by atoms with E-state index in [2.05, 4.69) is 27.3 Å². The summed E-state index contributed by atoms with van der Waals surface area (Å²) in [6.07, 6.45) is 1.18. The Bertz CT molecular complexity index is 431. The van der Waals surface area contributed by atoms with Gasteiger partial charge in [0.1, 0.15) is 0 Å². The van der Waals surface area contributed by atoms with Gasteiger partial charge in [-0.3, -0.25) is 9.59 Å². The van der Waals surface area contributed by atoms with Gasteiger partial charge in [0.2, 0.25) is 5.91 Å². The van der Waals surface area contributed by atoms with Crippen molar-refractivity contribution in [3.8, 4) is 0 Å². The molecule has 19 heavy (non-hydrogen) atoms. The van der Waals surface area contributed by atoms with Gasteiger partial charge >= 0.3 is 5.97 Å². The van der Waals surface area contributed by atoms with Gasteiger partial charge in [0.15, 0.2) is 6.23 Å². The first-order valence-corrected chi connectivity index (χ1v) is 7.68. The van der Waals surface area contributed by atoms with Crippen molar-refractivity contribution in [2.45, 2.75) is 39.8 Å². The molecule has 1 rings (SSSR count). The van der Waals surface area contributed by atoms with E-state index in [1.807, 2.05) is 13.0 Å². The minimum atomic E-state index is -0.557. The Hall–Kier alpha value is -0.880. The monoisotopic (exact) mass is 347 g/mol. The Labute approximate surface area is 125 Å². The van der Waals surface area contributed by atoms with Crippen LogP contribution in [-0.2, 0) is 20.7 Å². The lowest BCUT2D eigenvalue weighted by Gasteiger charge is -2.23. The lowest BCUT2D eigenvalue weighted by molar-refractivity contribution is -0.152. The third kappa shape index (κ3) is 6.20. The van der Waals surface area contributed by atoms with Crippen LogP contribution in [0.2, 0.25) is 0 Å². The van der Waals surface area contributed by atoms with Gasteiger partial charge in [-0.05, 0) is 40.9 Å². The average Bonchev–Trinajstić information content (AvgIpc) is 2.70. The van der Waals surface area contributed by atoms with E-state index in [1.165, 1.54) is 18.7 Å². The summed E-state index contributed by atoms with van der Waals surface area (Å²) in [5, 5.41) is 2.66. The minimum absolute atomic E-state index is 0.0636. The highest BCUT2D eigenvalue weighted by molar-refractivity contribution is 9.11. The van der Waals surface area contributed by atoms with Crippen molar-refractivity contribution in [3.63, 3.8) is 0 Å². The Morgan fingerprint density at radius 1 is 1.42 bits per heavy atom. The van der Waals surface area contributed by atoms with Crippen molar-refractivity contribution in [1.29, 1.82) is 0 Å². The highest BCUT2D eigenvalue weighted by Gasteiger charge is 2.21. The number of carbonyl (C=O) groups excluding carboxylic acids is 2. The topological polar surface area (TPSA) is 55.4 Å². The van der Waals surface area contributed by atoms with Gasteiger partial charge < -0.3 is 10.1 Å². The van der Waals surface area contributed by atoms with Crippen molar-refractivity contribution in [2.75, 3.05) is 0 Å². The molecule has 6 heteroatoms. The molecule has 0 spiro atoms. The Morgan fingerprint density at radius 2 is 2.11 bits per heavy atom. The molecule has 0 radical (unpaired) electrons. The molecule has 0 fully saturated rings. The molecule has 0 aliphatic heterocycles. The molecule has 0 aliphatic carbocycles. The van der Waals surface area contributed by atoms with Gasteiger partial charge in [-0.2, -0.15) is 0 Å². The molecular weight excluding hydrogens is 330 g/mol. The van der Waals surface area contributed by atoms with Gasteiger partial charge in [-0.25, -0.2) is 0 Å². The van der Waals surface area contributed by atoms with Crippen LogP contribution in [0.3, 0.4) is 0 Å². The standard InChI is InChI=1S/C13H18BrNO3S/c1-8(4-5-11-6-7-12(14)19-11)13(15-9(2)16)18-10(3)17/h6-8,13H,4-5H2,1-3H3,(H,15,16)/t8-,13?/m1/s1. The Morgan fingerprint density at radius 3 is 2.58 bits per heavy atom. The third-order valence-corrected chi connectivity index (χ3v) is 4.31. The summed E-state index contributed by atoms with van der Waals surface area (Å²) in [6, 6.07) is 4.09. The smallest absolute Gasteiger partial charge is 0.304 e. The highest BCUT2D eigenvalue weighted by atomic mass is 79.9. The summed E-state index contributed by atoms with van der Waals surface area (Å²) >= 11 is 5.12. The molecule has 106 valence electrons. The first-order valence-electron chi connectivity index (χ1n) is 6.07. The van der Waals surface area contributed by atoms with Crippen LogP contribution in [0.5, 0.6) is 0 Å². The SMILES string of the molecule is CC(=O)NC(OC(C)=O)[C@H](C)CCc1ccc(Br)s1. The molecule has 4 nitrogen and oxygen atoms in total. The first-order chi connectivity index (χ1) is 8.88. The van der Waals surface area contributed by atoms with Crippen LogP contribution in [0.25, 0.3) is 0 Å². The summed E-state index contributed by atoms with van der Waals surface area (Å²) in [7, 11) is 0. The average molecular weight is 348 g/mol. The molecule has 2 atom stereocenters. The number of rotatable bonds is 6. The van der Waals surface area contributed by atoms with Crippen LogP contribution in [0.1, 0.15) is 32.1 Å². The molecular formula is C13H18BrNO3S. The molecule has 1 aromatic rings. The second-order valence-electron chi connectivity index (χ2n) is 4.45. The summed E-state index contributed by atoms with van der Waals surface area (Å²) in [4.78, 5) is 23.4. The largest absolute Gasteiger partial charge is 0.442 e. The first kappa shape index (κ1) is 16.2. The van der Waals surface area contributed by atoms with Gasteiger partial charge in [0.05, 0.1) is 3.79 Å². The van der Waals surface area contributed by atoms with Crippen molar-refractivity contribution in [1.82, 2.24) is 5.32 Å². The number of nitrogens with one attached hydrogen (secondary N) is 1. The quantitative estimate of drug-likeness (QED) is 0.635. The van der Waals surface area contributed by atoms with Crippen LogP contribution in [0.15, 0.2) is 15.9 Å². The molecule has 1 amide bonds. The predicted octanol–water partition coefficient (Wildman–Crippen LogP) is 3.10. The highest BCUT2D eigenvalue weighted by Crippen LogP contribution is 2.24. The molecule has 0 saturated carbocycles. The number of thiophene rings is 1. The second kappa shape index (κ2) is 7.65. The van der Waals surface area contributed by atoms with Crippen LogP contribution in [-0.4, -0.2) is 18.1 Å². The Balaban J connectivity index is 2.52. The molecule has 0 aromatic carbocycles. The van der Waals surface area contributed by atoms with E-state index in [0.717, 1.165) is 16.6 Å².